The second-order valence-electron chi connectivity index (χ2n) is 2.33. The van der Waals surface area contributed by atoms with Gasteiger partial charge in [-0.1, -0.05) is 18.2 Å². The lowest BCUT2D eigenvalue weighted by Gasteiger charge is -2.00. The molecular weight excluding hydrogens is 187 g/mol. The highest BCUT2D eigenvalue weighted by Crippen LogP contribution is 2.08. The Morgan fingerprint density at radius 3 is 2.38 bits per heavy atom. The molecule has 1 atom stereocenters. The Morgan fingerprint density at radius 2 is 1.85 bits per heavy atom. The van der Waals surface area contributed by atoms with Gasteiger partial charge in [-0.2, -0.15) is 0 Å². The maximum absolute atomic E-state index is 11.0. The Bertz CT molecular complexity index is 308. The molecule has 0 radical (unpaired) electrons. The lowest BCUT2D eigenvalue weighted by Crippen LogP contribution is -2.21. The molecule has 1 rings (SSSR count). The van der Waals surface area contributed by atoms with Crippen molar-refractivity contribution in [3.63, 3.8) is 0 Å². The number of Topliss-reactive ketones (excluding diaryl/α,β-unsaturated/α-hetero) is 1. The first kappa shape index (κ1) is 9.87. The minimum atomic E-state index is -0.818. The van der Waals surface area contributed by atoms with Crippen LogP contribution in [0.15, 0.2) is 30.3 Å². The van der Waals surface area contributed by atoms with Gasteiger partial charge in [0.1, 0.15) is 5.75 Å². The zero-order chi connectivity index (χ0) is 9.68. The van der Waals surface area contributed by atoms with Crippen molar-refractivity contribution in [3.8, 4) is 5.75 Å². The third kappa shape index (κ3) is 2.96. The first-order valence-corrected chi connectivity index (χ1v) is 4.56. The molecule has 1 unspecified atom stereocenters. The van der Waals surface area contributed by atoms with Crippen molar-refractivity contribution >= 4 is 21.0 Å². The highest BCUT2D eigenvalue weighted by atomic mass is 31.0. The molecule has 4 heteroatoms. The SMILES string of the molecule is O=C(CP)C(=O)Oc1ccccc1. The minimum absolute atomic E-state index is 0.0890. The van der Waals surface area contributed by atoms with Crippen molar-refractivity contribution in [3.05, 3.63) is 30.3 Å². The van der Waals surface area contributed by atoms with E-state index < -0.39 is 11.8 Å². The Hall–Kier alpha value is -1.21. The summed E-state index contributed by atoms with van der Waals surface area (Å²) in [6, 6.07) is 8.50. The smallest absolute Gasteiger partial charge is 0.380 e. The number of carbonyl (C=O) groups is 2. The molecular formula is C9H9O3P. The molecule has 0 aliphatic carbocycles. The molecule has 0 saturated heterocycles. The summed E-state index contributed by atoms with van der Waals surface area (Å²) < 4.78 is 4.77. The highest BCUT2D eigenvalue weighted by molar-refractivity contribution is 7.18. The molecule has 0 bridgehead atoms. The molecule has 0 heterocycles. The number of hydrogen-bond donors (Lipinski definition) is 0. The number of carbonyl (C=O) groups excluding carboxylic acids is 2. The summed E-state index contributed by atoms with van der Waals surface area (Å²) in [5.41, 5.74) is 0. The number of esters is 1. The summed E-state index contributed by atoms with van der Waals surface area (Å²) >= 11 is 0. The van der Waals surface area contributed by atoms with Gasteiger partial charge in [-0.3, -0.25) is 4.79 Å². The second kappa shape index (κ2) is 4.73. The van der Waals surface area contributed by atoms with Crippen molar-refractivity contribution in [2.45, 2.75) is 0 Å². The lowest BCUT2D eigenvalue weighted by molar-refractivity contribution is -0.145. The van der Waals surface area contributed by atoms with E-state index in [4.69, 9.17) is 4.74 Å². The predicted octanol–water partition coefficient (Wildman–Crippen LogP) is 1.04. The Labute approximate surface area is 78.3 Å². The zero-order valence-electron chi connectivity index (χ0n) is 6.90. The molecule has 0 spiro atoms. The summed E-state index contributed by atoms with van der Waals surface area (Å²) in [7, 11) is 2.18. The van der Waals surface area contributed by atoms with Crippen molar-refractivity contribution in [2.24, 2.45) is 0 Å². The molecule has 3 nitrogen and oxygen atoms in total. The van der Waals surface area contributed by atoms with Crippen LogP contribution in [0.2, 0.25) is 0 Å². The van der Waals surface area contributed by atoms with Gasteiger partial charge in [0.15, 0.2) is 0 Å². The van der Waals surface area contributed by atoms with E-state index in [0.717, 1.165) is 0 Å². The normalized spacial score (nSPS) is 9.31. The van der Waals surface area contributed by atoms with E-state index in [2.05, 4.69) is 9.24 Å². The molecule has 1 aromatic rings. The largest absolute Gasteiger partial charge is 0.421 e. The van der Waals surface area contributed by atoms with Gasteiger partial charge in [-0.05, 0) is 12.1 Å². The van der Waals surface area contributed by atoms with E-state index in [1.807, 2.05) is 0 Å². The van der Waals surface area contributed by atoms with E-state index in [0.29, 0.717) is 5.75 Å². The second-order valence-corrected chi connectivity index (χ2v) is 2.74. The average Bonchev–Trinajstić information content (AvgIpc) is 2.18. The van der Waals surface area contributed by atoms with Crippen LogP contribution in [0.3, 0.4) is 0 Å². The molecule has 68 valence electrons. The van der Waals surface area contributed by atoms with Crippen LogP contribution in [-0.2, 0) is 9.59 Å². The molecule has 0 fully saturated rings. The van der Waals surface area contributed by atoms with Crippen LogP contribution in [0.5, 0.6) is 5.75 Å². The van der Waals surface area contributed by atoms with Crippen LogP contribution in [0.25, 0.3) is 0 Å². The van der Waals surface area contributed by atoms with E-state index in [1.54, 1.807) is 30.3 Å². The van der Waals surface area contributed by atoms with Gasteiger partial charge in [0.25, 0.3) is 0 Å². The number of para-hydroxylation sites is 1. The van der Waals surface area contributed by atoms with E-state index in [1.165, 1.54) is 0 Å². The van der Waals surface area contributed by atoms with E-state index in [9.17, 15) is 9.59 Å². The van der Waals surface area contributed by atoms with Crippen LogP contribution in [0.1, 0.15) is 0 Å². The molecule has 13 heavy (non-hydrogen) atoms. The van der Waals surface area contributed by atoms with Gasteiger partial charge >= 0.3 is 5.97 Å². The zero-order valence-corrected chi connectivity index (χ0v) is 8.05. The standard InChI is InChI=1S/C9H9O3P/c10-8(6-13)9(11)12-7-4-2-1-3-5-7/h1-5H,6,13H2. The number of ketones is 1. The fraction of sp³-hybridized carbons (Fsp3) is 0.111. The quantitative estimate of drug-likeness (QED) is 0.314. The van der Waals surface area contributed by atoms with Gasteiger partial charge in [0.05, 0.1) is 0 Å². The van der Waals surface area contributed by atoms with Crippen molar-refractivity contribution < 1.29 is 14.3 Å². The fourth-order valence-corrected chi connectivity index (χ4v) is 0.902. The van der Waals surface area contributed by atoms with Gasteiger partial charge in [-0.15, -0.1) is 9.24 Å². The minimum Gasteiger partial charge on any atom is -0.421 e. The van der Waals surface area contributed by atoms with E-state index >= 15 is 0 Å². The summed E-state index contributed by atoms with van der Waals surface area (Å²) in [4.78, 5) is 21.8. The number of hydrogen-bond acceptors (Lipinski definition) is 3. The van der Waals surface area contributed by atoms with Gasteiger partial charge in [0.2, 0.25) is 5.78 Å². The fourth-order valence-electron chi connectivity index (χ4n) is 0.736. The molecule has 0 amide bonds. The van der Waals surface area contributed by atoms with Crippen LogP contribution in [0, 0.1) is 0 Å². The number of rotatable bonds is 3. The maximum atomic E-state index is 11.0. The summed E-state index contributed by atoms with van der Waals surface area (Å²) in [5.74, 6) is -0.977. The van der Waals surface area contributed by atoms with Crippen LogP contribution in [-0.4, -0.2) is 17.9 Å². The van der Waals surface area contributed by atoms with Crippen molar-refractivity contribution in [2.75, 3.05) is 6.16 Å². The number of benzene rings is 1. The Balaban J connectivity index is 2.60. The van der Waals surface area contributed by atoms with Gasteiger partial charge in [-0.25, -0.2) is 4.79 Å². The molecule has 0 aromatic heterocycles. The Morgan fingerprint density at radius 1 is 1.23 bits per heavy atom. The number of ether oxygens (including phenoxy) is 1. The van der Waals surface area contributed by atoms with Crippen molar-refractivity contribution in [1.29, 1.82) is 0 Å². The molecule has 0 N–H and O–H groups in total. The molecule has 0 saturated carbocycles. The van der Waals surface area contributed by atoms with Gasteiger partial charge in [0, 0.05) is 6.16 Å². The average molecular weight is 196 g/mol. The topological polar surface area (TPSA) is 43.4 Å². The molecule has 1 aromatic carbocycles. The monoisotopic (exact) mass is 196 g/mol. The van der Waals surface area contributed by atoms with Crippen LogP contribution < -0.4 is 4.74 Å². The first-order chi connectivity index (χ1) is 6.24. The van der Waals surface area contributed by atoms with Crippen LogP contribution >= 0.6 is 9.24 Å². The molecule has 0 aliphatic heterocycles. The predicted molar refractivity (Wildman–Crippen MR) is 51.7 cm³/mol. The molecule has 0 aliphatic rings. The highest BCUT2D eigenvalue weighted by Gasteiger charge is 2.12. The summed E-state index contributed by atoms with van der Waals surface area (Å²) in [6.07, 6.45) is 0.0890. The lowest BCUT2D eigenvalue weighted by atomic mass is 10.3. The third-order valence-corrected chi connectivity index (χ3v) is 1.74. The third-order valence-electron chi connectivity index (χ3n) is 1.37. The Kier molecular flexibility index (Phi) is 3.59. The van der Waals surface area contributed by atoms with Gasteiger partial charge < -0.3 is 4.74 Å². The van der Waals surface area contributed by atoms with Crippen LogP contribution in [0.4, 0.5) is 0 Å². The van der Waals surface area contributed by atoms with E-state index in [-0.39, 0.29) is 6.16 Å². The summed E-state index contributed by atoms with van der Waals surface area (Å²) in [5, 5.41) is 0. The maximum Gasteiger partial charge on any atom is 0.380 e. The summed E-state index contributed by atoms with van der Waals surface area (Å²) in [6.45, 7) is 0. The van der Waals surface area contributed by atoms with Crippen molar-refractivity contribution in [1.82, 2.24) is 0 Å². The first-order valence-electron chi connectivity index (χ1n) is 3.74.